The topological polar surface area (TPSA) is 49.3 Å². The van der Waals surface area contributed by atoms with Gasteiger partial charge in [-0.25, -0.2) is 9.97 Å². The Balaban J connectivity index is 1.81. The summed E-state index contributed by atoms with van der Waals surface area (Å²) < 4.78 is 0.134. The number of nitrogens with zero attached hydrogens (tertiary/aromatic N) is 4. The first-order valence-corrected chi connectivity index (χ1v) is 7.88. The summed E-state index contributed by atoms with van der Waals surface area (Å²) in [7, 11) is 0. The standard InChI is InChI=1S/C14H22N4OS/c1-14(2,3)20-11-12(19)17-7-9-18(10-8-17)13-15-5-4-6-16-13/h4-6H,7-11H2,1-3H3. The lowest BCUT2D eigenvalue weighted by molar-refractivity contribution is -0.128. The maximum atomic E-state index is 12.1. The summed E-state index contributed by atoms with van der Waals surface area (Å²) in [6, 6.07) is 1.81. The molecule has 1 aliphatic rings. The Kier molecular flexibility index (Phi) is 4.86. The van der Waals surface area contributed by atoms with Crippen LogP contribution < -0.4 is 4.90 Å². The lowest BCUT2D eigenvalue weighted by Gasteiger charge is -2.35. The van der Waals surface area contributed by atoms with E-state index in [9.17, 15) is 4.79 Å². The predicted molar refractivity (Wildman–Crippen MR) is 83.0 cm³/mol. The molecule has 1 aromatic rings. The molecule has 1 saturated heterocycles. The highest BCUT2D eigenvalue weighted by molar-refractivity contribution is 8.01. The zero-order valence-electron chi connectivity index (χ0n) is 12.4. The Hall–Kier alpha value is -1.30. The van der Waals surface area contributed by atoms with Crippen LogP contribution in [0.2, 0.25) is 0 Å². The van der Waals surface area contributed by atoms with Gasteiger partial charge < -0.3 is 9.80 Å². The first kappa shape index (κ1) is 15.1. The normalized spacial score (nSPS) is 16.4. The minimum atomic E-state index is 0.134. The third-order valence-electron chi connectivity index (χ3n) is 3.10. The summed E-state index contributed by atoms with van der Waals surface area (Å²) in [5, 5.41) is 0. The molecule has 0 bridgehead atoms. The van der Waals surface area contributed by atoms with E-state index in [0.717, 1.165) is 32.1 Å². The van der Waals surface area contributed by atoms with Crippen molar-refractivity contribution in [1.82, 2.24) is 14.9 Å². The third kappa shape index (κ3) is 4.37. The molecular formula is C14H22N4OS. The van der Waals surface area contributed by atoms with Crippen molar-refractivity contribution in [3.63, 3.8) is 0 Å². The number of hydrogen-bond acceptors (Lipinski definition) is 5. The maximum Gasteiger partial charge on any atom is 0.232 e. The van der Waals surface area contributed by atoms with Crippen molar-refractivity contribution in [1.29, 1.82) is 0 Å². The Morgan fingerprint density at radius 3 is 2.35 bits per heavy atom. The van der Waals surface area contributed by atoms with Crippen LogP contribution in [-0.2, 0) is 4.79 Å². The molecule has 0 radical (unpaired) electrons. The van der Waals surface area contributed by atoms with E-state index in [2.05, 4.69) is 35.6 Å². The molecule has 1 fully saturated rings. The summed E-state index contributed by atoms with van der Waals surface area (Å²) in [6.07, 6.45) is 3.50. The summed E-state index contributed by atoms with van der Waals surface area (Å²) in [4.78, 5) is 24.7. The molecule has 6 heteroatoms. The SMILES string of the molecule is CC(C)(C)SCC(=O)N1CCN(c2ncccn2)CC1. The van der Waals surface area contributed by atoms with Crippen LogP contribution >= 0.6 is 11.8 Å². The predicted octanol–water partition coefficient (Wildman–Crippen LogP) is 1.66. The minimum Gasteiger partial charge on any atom is -0.338 e. The third-order valence-corrected chi connectivity index (χ3v) is 4.35. The first-order chi connectivity index (χ1) is 9.46. The highest BCUT2D eigenvalue weighted by atomic mass is 32.2. The molecule has 110 valence electrons. The molecule has 0 spiro atoms. The average molecular weight is 294 g/mol. The molecule has 2 rings (SSSR count). The Morgan fingerprint density at radius 1 is 1.20 bits per heavy atom. The summed E-state index contributed by atoms with van der Waals surface area (Å²) in [5.41, 5.74) is 0. The van der Waals surface area contributed by atoms with Gasteiger partial charge in [0, 0.05) is 43.3 Å². The van der Waals surface area contributed by atoms with E-state index in [1.807, 2.05) is 11.0 Å². The molecule has 0 aliphatic carbocycles. The fraction of sp³-hybridized carbons (Fsp3) is 0.643. The molecule has 0 unspecified atom stereocenters. The largest absolute Gasteiger partial charge is 0.338 e. The van der Waals surface area contributed by atoms with Gasteiger partial charge >= 0.3 is 0 Å². The smallest absolute Gasteiger partial charge is 0.232 e. The maximum absolute atomic E-state index is 12.1. The van der Waals surface area contributed by atoms with Gasteiger partial charge in [-0.15, -0.1) is 11.8 Å². The zero-order chi connectivity index (χ0) is 14.6. The molecule has 2 heterocycles. The van der Waals surface area contributed by atoms with E-state index in [-0.39, 0.29) is 10.7 Å². The first-order valence-electron chi connectivity index (χ1n) is 6.89. The molecule has 1 amide bonds. The van der Waals surface area contributed by atoms with E-state index in [0.29, 0.717) is 5.75 Å². The van der Waals surface area contributed by atoms with Crippen LogP contribution in [0.5, 0.6) is 0 Å². The fourth-order valence-electron chi connectivity index (χ4n) is 1.98. The van der Waals surface area contributed by atoms with Crippen LogP contribution in [0.3, 0.4) is 0 Å². The Bertz CT molecular complexity index is 438. The second kappa shape index (κ2) is 6.43. The van der Waals surface area contributed by atoms with E-state index in [1.165, 1.54) is 0 Å². The van der Waals surface area contributed by atoms with Gasteiger partial charge in [-0.05, 0) is 6.07 Å². The van der Waals surface area contributed by atoms with Crippen molar-refractivity contribution >= 4 is 23.6 Å². The van der Waals surface area contributed by atoms with E-state index >= 15 is 0 Å². The minimum absolute atomic E-state index is 0.134. The molecule has 1 aliphatic heterocycles. The van der Waals surface area contributed by atoms with Gasteiger partial charge in [0.2, 0.25) is 11.9 Å². The number of amides is 1. The van der Waals surface area contributed by atoms with Crippen molar-refractivity contribution < 1.29 is 4.79 Å². The second-order valence-corrected chi connectivity index (χ2v) is 7.62. The molecule has 0 atom stereocenters. The second-order valence-electron chi connectivity index (χ2n) is 5.82. The lowest BCUT2D eigenvalue weighted by atomic mass is 10.3. The Labute approximate surface area is 124 Å². The fourth-order valence-corrected chi connectivity index (χ4v) is 2.72. The van der Waals surface area contributed by atoms with Crippen molar-refractivity contribution in [3.05, 3.63) is 18.5 Å². The number of carbonyl (C=O) groups excluding carboxylic acids is 1. The number of hydrogen-bond donors (Lipinski definition) is 0. The van der Waals surface area contributed by atoms with Crippen LogP contribution in [0.25, 0.3) is 0 Å². The summed E-state index contributed by atoms with van der Waals surface area (Å²) >= 11 is 1.70. The van der Waals surface area contributed by atoms with E-state index < -0.39 is 0 Å². The molecule has 1 aromatic heterocycles. The zero-order valence-corrected chi connectivity index (χ0v) is 13.2. The van der Waals surface area contributed by atoms with Crippen LogP contribution in [0.1, 0.15) is 20.8 Å². The number of piperazine rings is 1. The van der Waals surface area contributed by atoms with Gasteiger partial charge in [0.1, 0.15) is 0 Å². The van der Waals surface area contributed by atoms with Crippen molar-refractivity contribution in [3.8, 4) is 0 Å². The molecule has 0 saturated carbocycles. The van der Waals surface area contributed by atoms with Gasteiger partial charge in [-0.1, -0.05) is 20.8 Å². The van der Waals surface area contributed by atoms with Crippen molar-refractivity contribution in [2.24, 2.45) is 0 Å². The van der Waals surface area contributed by atoms with Crippen LogP contribution in [0.15, 0.2) is 18.5 Å². The monoisotopic (exact) mass is 294 g/mol. The van der Waals surface area contributed by atoms with Gasteiger partial charge in [-0.3, -0.25) is 4.79 Å². The van der Waals surface area contributed by atoms with Gasteiger partial charge in [0.25, 0.3) is 0 Å². The number of anilines is 1. The quantitative estimate of drug-likeness (QED) is 0.848. The Morgan fingerprint density at radius 2 is 1.80 bits per heavy atom. The number of carbonyl (C=O) groups is 1. The molecule has 20 heavy (non-hydrogen) atoms. The van der Waals surface area contributed by atoms with E-state index in [1.54, 1.807) is 24.2 Å². The molecule has 0 N–H and O–H groups in total. The molecule has 0 aromatic carbocycles. The summed E-state index contributed by atoms with van der Waals surface area (Å²) in [5.74, 6) is 1.55. The molecular weight excluding hydrogens is 272 g/mol. The molecule has 5 nitrogen and oxygen atoms in total. The van der Waals surface area contributed by atoms with Crippen LogP contribution in [-0.4, -0.2) is 57.5 Å². The van der Waals surface area contributed by atoms with Crippen molar-refractivity contribution in [2.75, 3.05) is 36.8 Å². The van der Waals surface area contributed by atoms with Gasteiger partial charge in [0.15, 0.2) is 0 Å². The lowest BCUT2D eigenvalue weighted by Crippen LogP contribution is -2.50. The highest BCUT2D eigenvalue weighted by Crippen LogP contribution is 2.23. The number of aromatic nitrogens is 2. The van der Waals surface area contributed by atoms with Crippen molar-refractivity contribution in [2.45, 2.75) is 25.5 Å². The van der Waals surface area contributed by atoms with Gasteiger partial charge in [-0.2, -0.15) is 0 Å². The van der Waals surface area contributed by atoms with Crippen LogP contribution in [0, 0.1) is 0 Å². The average Bonchev–Trinajstić information content (AvgIpc) is 2.45. The van der Waals surface area contributed by atoms with Crippen LogP contribution in [0.4, 0.5) is 5.95 Å². The van der Waals surface area contributed by atoms with Gasteiger partial charge in [0.05, 0.1) is 5.75 Å². The number of thioether (sulfide) groups is 1. The number of rotatable bonds is 3. The highest BCUT2D eigenvalue weighted by Gasteiger charge is 2.23. The summed E-state index contributed by atoms with van der Waals surface area (Å²) in [6.45, 7) is 9.51. The van der Waals surface area contributed by atoms with E-state index in [4.69, 9.17) is 0 Å².